The molecule has 0 radical (unpaired) electrons. The van der Waals surface area contributed by atoms with Crippen molar-refractivity contribution in [3.05, 3.63) is 52.1 Å². The minimum Gasteiger partial charge on any atom is -0.358 e. The molecule has 0 N–H and O–H groups in total. The van der Waals surface area contributed by atoms with Gasteiger partial charge in [-0.15, -0.1) is 0 Å². The Morgan fingerprint density at radius 1 is 1.47 bits per heavy atom. The van der Waals surface area contributed by atoms with Crippen LogP contribution in [0.3, 0.4) is 0 Å². The maximum atomic E-state index is 13.6. The van der Waals surface area contributed by atoms with Crippen LogP contribution in [0.25, 0.3) is 0 Å². The smallest absolute Gasteiger partial charge is 0.358 e. The second kappa shape index (κ2) is 5.05. The van der Waals surface area contributed by atoms with E-state index in [0.717, 1.165) is 0 Å². The van der Waals surface area contributed by atoms with Crippen LogP contribution in [0.15, 0.2) is 30.6 Å². The molecule has 19 heavy (non-hydrogen) atoms. The Labute approximate surface area is 109 Å². The maximum absolute atomic E-state index is 13.6. The lowest BCUT2D eigenvalue weighted by Crippen LogP contribution is -2.20. The van der Waals surface area contributed by atoms with E-state index in [2.05, 4.69) is 4.98 Å². The summed E-state index contributed by atoms with van der Waals surface area (Å²) >= 11 is 0. The number of benzene rings is 1. The van der Waals surface area contributed by atoms with Gasteiger partial charge in [0, 0.05) is 26.2 Å². The molecule has 0 aliphatic carbocycles. The zero-order chi connectivity index (χ0) is 14.0. The maximum Gasteiger partial charge on any atom is 0.406 e. The summed E-state index contributed by atoms with van der Waals surface area (Å²) in [5.41, 5.74) is 0.473. The molecule has 1 aromatic heterocycles. The molecular formula is C12H13FN4O2. The van der Waals surface area contributed by atoms with E-state index in [9.17, 15) is 14.5 Å². The minimum atomic E-state index is -0.548. The molecule has 2 aromatic rings. The summed E-state index contributed by atoms with van der Waals surface area (Å²) in [5, 5.41) is 10.9. The van der Waals surface area contributed by atoms with Crippen molar-refractivity contribution >= 4 is 11.6 Å². The van der Waals surface area contributed by atoms with Crippen LogP contribution in [-0.4, -0.2) is 21.5 Å². The number of anilines is 1. The normalized spacial score (nSPS) is 10.5. The van der Waals surface area contributed by atoms with E-state index in [-0.39, 0.29) is 18.2 Å². The largest absolute Gasteiger partial charge is 0.406 e. The minimum absolute atomic E-state index is 0.229. The molecular weight excluding hydrogens is 251 g/mol. The molecule has 0 bridgehead atoms. The lowest BCUT2D eigenvalue weighted by atomic mass is 10.2. The molecule has 6 nitrogen and oxygen atoms in total. The van der Waals surface area contributed by atoms with Crippen molar-refractivity contribution < 1.29 is 9.31 Å². The van der Waals surface area contributed by atoms with Gasteiger partial charge in [0.2, 0.25) is 12.1 Å². The number of nitro groups is 1. The molecule has 100 valence electrons. The van der Waals surface area contributed by atoms with Crippen molar-refractivity contribution in [3.63, 3.8) is 0 Å². The second-order valence-electron chi connectivity index (χ2n) is 4.21. The van der Waals surface area contributed by atoms with E-state index < -0.39 is 4.92 Å². The number of aryl methyl sites for hydroxylation is 1. The number of aromatic nitrogens is 2. The summed E-state index contributed by atoms with van der Waals surface area (Å²) in [6.07, 6.45) is 1.37. The fraction of sp³-hybridized carbons (Fsp3) is 0.250. The van der Waals surface area contributed by atoms with Crippen molar-refractivity contribution in [1.82, 2.24) is 9.55 Å². The standard InChI is InChI=1S/C12H13FN4O2/c1-15(7-9-5-3-4-6-10(9)13)12-11(17(18)19)14-8-16(12)2/h3-6,8H,7H2,1-2H3. The van der Waals surface area contributed by atoms with Crippen molar-refractivity contribution in [1.29, 1.82) is 0 Å². The fourth-order valence-corrected chi connectivity index (χ4v) is 1.94. The molecule has 7 heteroatoms. The van der Waals surface area contributed by atoms with Crippen molar-refractivity contribution in [2.75, 3.05) is 11.9 Å². The highest BCUT2D eigenvalue weighted by Gasteiger charge is 2.23. The van der Waals surface area contributed by atoms with Crippen LogP contribution in [0.2, 0.25) is 0 Å². The summed E-state index contributed by atoms with van der Waals surface area (Å²) in [6, 6.07) is 6.34. The summed E-state index contributed by atoms with van der Waals surface area (Å²) in [5.74, 6) is -0.228. The molecule has 0 unspecified atom stereocenters. The van der Waals surface area contributed by atoms with E-state index in [4.69, 9.17) is 0 Å². The van der Waals surface area contributed by atoms with E-state index in [1.54, 1.807) is 41.8 Å². The van der Waals surface area contributed by atoms with Crippen LogP contribution < -0.4 is 4.90 Å². The van der Waals surface area contributed by atoms with Gasteiger partial charge < -0.3 is 15.0 Å². The van der Waals surface area contributed by atoms with Crippen LogP contribution >= 0.6 is 0 Å². The SMILES string of the molecule is CN(Cc1ccccc1F)c1c([N+](=O)[O-])ncn1C. The number of hydrogen-bond donors (Lipinski definition) is 0. The van der Waals surface area contributed by atoms with Gasteiger partial charge in [-0.1, -0.05) is 18.2 Å². The van der Waals surface area contributed by atoms with Crippen LogP contribution in [0.4, 0.5) is 16.0 Å². The zero-order valence-electron chi connectivity index (χ0n) is 10.6. The third-order valence-corrected chi connectivity index (χ3v) is 2.79. The van der Waals surface area contributed by atoms with Crippen molar-refractivity contribution in [2.24, 2.45) is 7.05 Å². The van der Waals surface area contributed by atoms with Crippen LogP contribution in [0, 0.1) is 15.9 Å². The predicted octanol–water partition coefficient (Wildman–Crippen LogP) is 2.10. The van der Waals surface area contributed by atoms with Crippen LogP contribution in [-0.2, 0) is 13.6 Å². The van der Waals surface area contributed by atoms with Gasteiger partial charge in [0.15, 0.2) is 0 Å². The van der Waals surface area contributed by atoms with Crippen molar-refractivity contribution in [2.45, 2.75) is 6.54 Å². The van der Waals surface area contributed by atoms with Gasteiger partial charge in [-0.3, -0.25) is 4.57 Å². The summed E-state index contributed by atoms with van der Waals surface area (Å²) in [4.78, 5) is 15.7. The topological polar surface area (TPSA) is 64.2 Å². The number of rotatable bonds is 4. The van der Waals surface area contributed by atoms with Crippen molar-refractivity contribution in [3.8, 4) is 0 Å². The van der Waals surface area contributed by atoms with Gasteiger partial charge in [0.05, 0.1) is 0 Å². The lowest BCUT2D eigenvalue weighted by molar-refractivity contribution is -0.388. The quantitative estimate of drug-likeness (QED) is 0.626. The second-order valence-corrected chi connectivity index (χ2v) is 4.21. The first-order valence-electron chi connectivity index (χ1n) is 5.61. The molecule has 0 atom stereocenters. The Hall–Kier alpha value is -2.44. The first kappa shape index (κ1) is 13.0. The Morgan fingerprint density at radius 3 is 2.79 bits per heavy atom. The van der Waals surface area contributed by atoms with Gasteiger partial charge in [-0.25, -0.2) is 4.39 Å². The average molecular weight is 264 g/mol. The monoisotopic (exact) mass is 264 g/mol. The predicted molar refractivity (Wildman–Crippen MR) is 68.4 cm³/mol. The number of imidazole rings is 1. The lowest BCUT2D eigenvalue weighted by Gasteiger charge is -2.18. The third kappa shape index (κ3) is 2.54. The van der Waals surface area contributed by atoms with Gasteiger partial charge in [0.1, 0.15) is 5.82 Å². The first-order valence-corrected chi connectivity index (χ1v) is 5.61. The number of halogens is 1. The summed E-state index contributed by atoms with van der Waals surface area (Å²) in [7, 11) is 3.32. The van der Waals surface area contributed by atoms with Crippen LogP contribution in [0.1, 0.15) is 5.56 Å². The Kier molecular flexibility index (Phi) is 3.46. The Balaban J connectivity index is 2.30. The van der Waals surface area contributed by atoms with Gasteiger partial charge in [0.25, 0.3) is 0 Å². The molecule has 0 saturated heterocycles. The van der Waals surface area contributed by atoms with Gasteiger partial charge in [-0.05, 0) is 16.0 Å². The van der Waals surface area contributed by atoms with Gasteiger partial charge >= 0.3 is 5.82 Å². The molecule has 1 aromatic carbocycles. The third-order valence-electron chi connectivity index (χ3n) is 2.79. The molecule has 0 aliphatic heterocycles. The highest BCUT2D eigenvalue weighted by atomic mass is 19.1. The van der Waals surface area contributed by atoms with Crippen LogP contribution in [0.5, 0.6) is 0 Å². The van der Waals surface area contributed by atoms with Gasteiger partial charge in [-0.2, -0.15) is 0 Å². The molecule has 2 rings (SSSR count). The number of nitrogens with zero attached hydrogens (tertiary/aromatic N) is 4. The molecule has 1 heterocycles. The highest BCUT2D eigenvalue weighted by Crippen LogP contribution is 2.26. The van der Waals surface area contributed by atoms with E-state index in [1.807, 2.05) is 0 Å². The Bertz CT molecular complexity index is 612. The molecule has 0 spiro atoms. The fourth-order valence-electron chi connectivity index (χ4n) is 1.94. The van der Waals surface area contributed by atoms with E-state index in [0.29, 0.717) is 11.4 Å². The van der Waals surface area contributed by atoms with E-state index >= 15 is 0 Å². The zero-order valence-corrected chi connectivity index (χ0v) is 10.6. The molecule has 0 fully saturated rings. The molecule has 0 aliphatic rings. The highest BCUT2D eigenvalue weighted by molar-refractivity contribution is 5.54. The average Bonchev–Trinajstić information content (AvgIpc) is 2.74. The Morgan fingerprint density at radius 2 is 2.16 bits per heavy atom. The van der Waals surface area contributed by atoms with E-state index in [1.165, 1.54) is 12.4 Å². The molecule has 0 saturated carbocycles. The first-order chi connectivity index (χ1) is 9.00. The molecule has 0 amide bonds. The summed E-state index contributed by atoms with van der Waals surface area (Å²) < 4.78 is 15.1. The summed E-state index contributed by atoms with van der Waals surface area (Å²) in [6.45, 7) is 0.229. The number of hydrogen-bond acceptors (Lipinski definition) is 4.